The molecule has 0 spiro atoms. The molecular formula is C9H14BrN3. The first-order valence-corrected chi connectivity index (χ1v) is 5.03. The summed E-state index contributed by atoms with van der Waals surface area (Å²) >= 11 is 3.39. The molecule has 1 heterocycles. The van der Waals surface area contributed by atoms with Gasteiger partial charge in [0.1, 0.15) is 0 Å². The second-order valence-corrected chi connectivity index (χ2v) is 4.21. The zero-order chi connectivity index (χ0) is 9.84. The van der Waals surface area contributed by atoms with Crippen molar-refractivity contribution in [3.05, 3.63) is 16.9 Å². The Hall–Kier alpha value is -0.770. The van der Waals surface area contributed by atoms with E-state index in [1.165, 1.54) is 0 Å². The molecule has 1 rings (SSSR count). The Kier molecular flexibility index (Phi) is 3.54. The molecule has 4 heteroatoms. The van der Waals surface area contributed by atoms with Crippen molar-refractivity contribution in [3.63, 3.8) is 0 Å². The molecular weight excluding hydrogens is 230 g/mol. The molecule has 13 heavy (non-hydrogen) atoms. The molecule has 1 aromatic heterocycles. The van der Waals surface area contributed by atoms with Crippen LogP contribution in [-0.4, -0.2) is 11.5 Å². The fraction of sp³-hybridized carbons (Fsp3) is 0.444. The Balaban J connectivity index is 2.75. The van der Waals surface area contributed by atoms with Crippen LogP contribution in [0.3, 0.4) is 0 Å². The molecule has 0 atom stereocenters. The van der Waals surface area contributed by atoms with Gasteiger partial charge in [-0.25, -0.2) is 0 Å². The number of rotatable bonds is 3. The standard InChI is InChI=1S/C9H14BrN3/c1-6(2)3-13-9-7(10)4-12-5-8(9)11/h4-6H,3,11H2,1-2H3,(H,12,13). The van der Waals surface area contributed by atoms with Crippen molar-refractivity contribution in [2.24, 2.45) is 5.92 Å². The summed E-state index contributed by atoms with van der Waals surface area (Å²) < 4.78 is 0.910. The van der Waals surface area contributed by atoms with Gasteiger partial charge < -0.3 is 11.1 Å². The van der Waals surface area contributed by atoms with Gasteiger partial charge in [0.05, 0.1) is 22.0 Å². The first-order chi connectivity index (χ1) is 6.11. The summed E-state index contributed by atoms with van der Waals surface area (Å²) in [6.45, 7) is 5.21. The molecule has 0 unspecified atom stereocenters. The van der Waals surface area contributed by atoms with Crippen molar-refractivity contribution < 1.29 is 0 Å². The van der Waals surface area contributed by atoms with E-state index in [0.29, 0.717) is 11.6 Å². The van der Waals surface area contributed by atoms with Crippen LogP contribution in [0, 0.1) is 5.92 Å². The number of nitrogens with two attached hydrogens (primary N) is 1. The van der Waals surface area contributed by atoms with E-state index in [2.05, 4.69) is 40.1 Å². The smallest absolute Gasteiger partial charge is 0.0750 e. The fourth-order valence-corrected chi connectivity index (χ4v) is 1.43. The predicted molar refractivity (Wildman–Crippen MR) is 59.7 cm³/mol. The quantitative estimate of drug-likeness (QED) is 0.858. The van der Waals surface area contributed by atoms with Crippen molar-refractivity contribution in [1.29, 1.82) is 0 Å². The first-order valence-electron chi connectivity index (χ1n) is 4.24. The minimum Gasteiger partial charge on any atom is -0.396 e. The van der Waals surface area contributed by atoms with E-state index in [9.17, 15) is 0 Å². The number of nitrogens with zero attached hydrogens (tertiary/aromatic N) is 1. The molecule has 1 aromatic rings. The van der Waals surface area contributed by atoms with Crippen molar-refractivity contribution in [3.8, 4) is 0 Å². The molecule has 3 N–H and O–H groups in total. The number of anilines is 2. The van der Waals surface area contributed by atoms with Gasteiger partial charge in [0.2, 0.25) is 0 Å². The number of nitrogen functional groups attached to an aromatic ring is 1. The number of halogens is 1. The fourth-order valence-electron chi connectivity index (χ4n) is 0.943. The van der Waals surface area contributed by atoms with E-state index in [1.807, 2.05) is 0 Å². The summed E-state index contributed by atoms with van der Waals surface area (Å²) in [5.41, 5.74) is 7.36. The third kappa shape index (κ3) is 2.88. The maximum absolute atomic E-state index is 5.75. The van der Waals surface area contributed by atoms with E-state index >= 15 is 0 Å². The molecule has 0 aromatic carbocycles. The molecule has 0 radical (unpaired) electrons. The zero-order valence-electron chi connectivity index (χ0n) is 7.84. The van der Waals surface area contributed by atoms with Crippen LogP contribution in [-0.2, 0) is 0 Å². The Labute approximate surface area is 86.9 Å². The van der Waals surface area contributed by atoms with Gasteiger partial charge in [0.25, 0.3) is 0 Å². The van der Waals surface area contributed by atoms with Crippen LogP contribution in [0.25, 0.3) is 0 Å². The molecule has 0 saturated heterocycles. The van der Waals surface area contributed by atoms with Crippen molar-refractivity contribution >= 4 is 27.3 Å². The van der Waals surface area contributed by atoms with E-state index in [4.69, 9.17) is 5.73 Å². The van der Waals surface area contributed by atoms with Crippen LogP contribution in [0.4, 0.5) is 11.4 Å². The summed E-state index contributed by atoms with van der Waals surface area (Å²) in [6, 6.07) is 0. The van der Waals surface area contributed by atoms with E-state index in [0.717, 1.165) is 16.7 Å². The monoisotopic (exact) mass is 243 g/mol. The first kappa shape index (κ1) is 10.3. The molecule has 0 saturated carbocycles. The predicted octanol–water partition coefficient (Wildman–Crippen LogP) is 2.49. The van der Waals surface area contributed by atoms with Crippen molar-refractivity contribution in [2.75, 3.05) is 17.6 Å². The second kappa shape index (κ2) is 4.46. The van der Waals surface area contributed by atoms with Gasteiger partial charge in [-0.05, 0) is 21.8 Å². The Bertz CT molecular complexity index is 266. The lowest BCUT2D eigenvalue weighted by molar-refractivity contribution is 0.689. The third-order valence-corrected chi connectivity index (χ3v) is 2.22. The molecule has 0 bridgehead atoms. The molecule has 0 aliphatic rings. The van der Waals surface area contributed by atoms with E-state index < -0.39 is 0 Å². The molecule has 0 aliphatic heterocycles. The zero-order valence-corrected chi connectivity index (χ0v) is 9.43. The lowest BCUT2D eigenvalue weighted by Gasteiger charge is -2.12. The largest absolute Gasteiger partial charge is 0.396 e. The highest BCUT2D eigenvalue weighted by molar-refractivity contribution is 9.10. The summed E-state index contributed by atoms with van der Waals surface area (Å²) in [5, 5.41) is 3.27. The second-order valence-electron chi connectivity index (χ2n) is 3.36. The minimum atomic E-state index is 0.597. The van der Waals surface area contributed by atoms with Crippen LogP contribution in [0.15, 0.2) is 16.9 Å². The number of pyridine rings is 1. The van der Waals surface area contributed by atoms with Gasteiger partial charge in [-0.15, -0.1) is 0 Å². The summed E-state index contributed by atoms with van der Waals surface area (Å²) in [7, 11) is 0. The highest BCUT2D eigenvalue weighted by atomic mass is 79.9. The molecule has 3 nitrogen and oxygen atoms in total. The summed E-state index contributed by atoms with van der Waals surface area (Å²) in [4.78, 5) is 3.96. The maximum atomic E-state index is 5.75. The topological polar surface area (TPSA) is 50.9 Å². The Morgan fingerprint density at radius 2 is 2.23 bits per heavy atom. The summed E-state index contributed by atoms with van der Waals surface area (Å²) in [5.74, 6) is 0.597. The Morgan fingerprint density at radius 3 is 2.77 bits per heavy atom. The average Bonchev–Trinajstić information content (AvgIpc) is 2.03. The maximum Gasteiger partial charge on any atom is 0.0750 e. The van der Waals surface area contributed by atoms with Crippen molar-refractivity contribution in [2.45, 2.75) is 13.8 Å². The van der Waals surface area contributed by atoms with Crippen molar-refractivity contribution in [1.82, 2.24) is 4.98 Å². The van der Waals surface area contributed by atoms with E-state index in [1.54, 1.807) is 12.4 Å². The highest BCUT2D eigenvalue weighted by Crippen LogP contribution is 2.26. The molecule has 0 amide bonds. The molecule has 0 aliphatic carbocycles. The normalized spacial score (nSPS) is 10.5. The van der Waals surface area contributed by atoms with Gasteiger partial charge in [-0.2, -0.15) is 0 Å². The molecule has 0 fully saturated rings. The Morgan fingerprint density at radius 1 is 1.54 bits per heavy atom. The van der Waals surface area contributed by atoms with Crippen LogP contribution in [0.5, 0.6) is 0 Å². The van der Waals surface area contributed by atoms with Gasteiger partial charge in [-0.1, -0.05) is 13.8 Å². The lowest BCUT2D eigenvalue weighted by Crippen LogP contribution is -2.10. The molecule has 72 valence electrons. The van der Waals surface area contributed by atoms with Gasteiger partial charge in [0, 0.05) is 12.7 Å². The minimum absolute atomic E-state index is 0.597. The average molecular weight is 244 g/mol. The third-order valence-electron chi connectivity index (χ3n) is 1.62. The number of aromatic nitrogens is 1. The van der Waals surface area contributed by atoms with Crippen LogP contribution < -0.4 is 11.1 Å². The lowest BCUT2D eigenvalue weighted by atomic mass is 10.2. The van der Waals surface area contributed by atoms with Gasteiger partial charge in [-0.3, -0.25) is 4.98 Å². The van der Waals surface area contributed by atoms with Crippen LogP contribution in [0.1, 0.15) is 13.8 Å². The SMILES string of the molecule is CC(C)CNc1c(N)cncc1Br. The van der Waals surface area contributed by atoms with Crippen LogP contribution in [0.2, 0.25) is 0 Å². The number of hydrogen-bond donors (Lipinski definition) is 2. The summed E-state index contributed by atoms with van der Waals surface area (Å²) in [6.07, 6.45) is 3.38. The number of hydrogen-bond acceptors (Lipinski definition) is 3. The number of nitrogens with one attached hydrogen (secondary N) is 1. The van der Waals surface area contributed by atoms with Crippen LogP contribution >= 0.6 is 15.9 Å². The van der Waals surface area contributed by atoms with Gasteiger partial charge in [0.15, 0.2) is 0 Å². The van der Waals surface area contributed by atoms with Gasteiger partial charge >= 0.3 is 0 Å². The van der Waals surface area contributed by atoms with E-state index in [-0.39, 0.29) is 0 Å². The highest BCUT2D eigenvalue weighted by Gasteiger charge is 2.04.